The number of hydrogen-bond acceptors (Lipinski definition) is 5. The molecule has 5 heteroatoms. The fourth-order valence-corrected chi connectivity index (χ4v) is 2.86. The standard InChI is InChI=1S/C17H21NO4/c1-17(2,19)7-5-12-14-11(6-8-18(12)3)9-13-15(16(14)20-4)22-10-21-13/h9,12,19H,6,8,10H2,1-4H3/t12-/m1/s1. The summed E-state index contributed by atoms with van der Waals surface area (Å²) in [5.41, 5.74) is 1.15. The molecule has 2 aliphatic rings. The van der Waals surface area contributed by atoms with Gasteiger partial charge >= 0.3 is 0 Å². The highest BCUT2D eigenvalue weighted by molar-refractivity contribution is 5.62. The molecule has 1 aromatic rings. The smallest absolute Gasteiger partial charge is 0.231 e. The van der Waals surface area contributed by atoms with E-state index in [4.69, 9.17) is 14.2 Å². The summed E-state index contributed by atoms with van der Waals surface area (Å²) in [5.74, 6) is 8.16. The number of benzene rings is 1. The van der Waals surface area contributed by atoms with Gasteiger partial charge in [0.1, 0.15) is 11.6 Å². The highest BCUT2D eigenvalue weighted by Crippen LogP contribution is 2.49. The number of hydrogen-bond donors (Lipinski definition) is 1. The van der Waals surface area contributed by atoms with Gasteiger partial charge in [-0.1, -0.05) is 11.8 Å². The van der Waals surface area contributed by atoms with E-state index >= 15 is 0 Å². The molecule has 3 rings (SSSR count). The van der Waals surface area contributed by atoms with Gasteiger partial charge < -0.3 is 19.3 Å². The van der Waals surface area contributed by atoms with Crippen molar-refractivity contribution in [1.82, 2.24) is 4.90 Å². The van der Waals surface area contributed by atoms with Crippen molar-refractivity contribution in [1.29, 1.82) is 0 Å². The van der Waals surface area contributed by atoms with E-state index in [9.17, 15) is 5.11 Å². The second-order valence-electron chi connectivity index (χ2n) is 6.18. The van der Waals surface area contributed by atoms with Crippen molar-refractivity contribution in [3.8, 4) is 29.1 Å². The van der Waals surface area contributed by atoms with Crippen molar-refractivity contribution in [3.63, 3.8) is 0 Å². The Morgan fingerprint density at radius 3 is 2.86 bits per heavy atom. The zero-order valence-corrected chi connectivity index (χ0v) is 13.4. The molecule has 1 aromatic carbocycles. The Kier molecular flexibility index (Phi) is 3.67. The number of nitrogens with zero attached hydrogens (tertiary/aromatic N) is 1. The van der Waals surface area contributed by atoms with Crippen LogP contribution < -0.4 is 14.2 Å². The minimum atomic E-state index is -1.03. The molecule has 0 fully saturated rings. The molecule has 2 heterocycles. The third kappa shape index (κ3) is 2.60. The zero-order chi connectivity index (χ0) is 15.9. The SMILES string of the molecule is COc1c2c(cc3c1[C@@H](C#CC(C)(C)O)N(C)CC3)OCO2. The molecule has 1 N–H and O–H groups in total. The summed E-state index contributed by atoms with van der Waals surface area (Å²) in [4.78, 5) is 2.16. The van der Waals surface area contributed by atoms with Gasteiger partial charge in [-0.05, 0) is 38.9 Å². The van der Waals surface area contributed by atoms with Crippen LogP contribution in [0.1, 0.15) is 31.0 Å². The lowest BCUT2D eigenvalue weighted by Gasteiger charge is -2.32. The third-order valence-electron chi connectivity index (χ3n) is 3.91. The number of rotatable bonds is 1. The Balaban J connectivity index is 2.14. The highest BCUT2D eigenvalue weighted by atomic mass is 16.7. The molecule has 1 atom stereocenters. The predicted octanol–water partition coefficient (Wildman–Crippen LogP) is 1.73. The van der Waals surface area contributed by atoms with Crippen molar-refractivity contribution < 1.29 is 19.3 Å². The monoisotopic (exact) mass is 303 g/mol. The Labute approximate surface area is 130 Å². The van der Waals surface area contributed by atoms with Crippen LogP contribution in [-0.2, 0) is 6.42 Å². The number of fused-ring (bicyclic) bond motifs is 2. The van der Waals surface area contributed by atoms with Gasteiger partial charge in [0.25, 0.3) is 0 Å². The van der Waals surface area contributed by atoms with E-state index in [-0.39, 0.29) is 12.8 Å². The van der Waals surface area contributed by atoms with Gasteiger partial charge in [-0.25, -0.2) is 0 Å². The van der Waals surface area contributed by atoms with Crippen LogP contribution in [0.5, 0.6) is 17.2 Å². The van der Waals surface area contributed by atoms with E-state index in [0.717, 1.165) is 29.8 Å². The summed E-state index contributed by atoms with van der Waals surface area (Å²) in [7, 11) is 3.66. The maximum atomic E-state index is 9.90. The number of ether oxygens (including phenoxy) is 3. The van der Waals surface area contributed by atoms with Gasteiger partial charge in [-0.3, -0.25) is 4.90 Å². The zero-order valence-electron chi connectivity index (χ0n) is 13.4. The Hall–Kier alpha value is -1.90. The van der Waals surface area contributed by atoms with E-state index < -0.39 is 5.60 Å². The second-order valence-corrected chi connectivity index (χ2v) is 6.18. The van der Waals surface area contributed by atoms with Gasteiger partial charge in [-0.15, -0.1) is 0 Å². The van der Waals surface area contributed by atoms with Crippen LogP contribution in [0.2, 0.25) is 0 Å². The minimum Gasteiger partial charge on any atom is -0.492 e. The average Bonchev–Trinajstić information content (AvgIpc) is 2.91. The molecule has 0 aliphatic carbocycles. The van der Waals surface area contributed by atoms with Crippen molar-refractivity contribution in [2.45, 2.75) is 31.9 Å². The summed E-state index contributed by atoms with van der Waals surface area (Å²) in [6, 6.07) is 1.88. The first-order valence-corrected chi connectivity index (χ1v) is 7.35. The molecule has 22 heavy (non-hydrogen) atoms. The maximum Gasteiger partial charge on any atom is 0.231 e. The van der Waals surface area contributed by atoms with E-state index in [1.807, 2.05) is 13.1 Å². The van der Waals surface area contributed by atoms with Gasteiger partial charge in [0.15, 0.2) is 11.5 Å². The molecule has 2 aliphatic heterocycles. The molecule has 118 valence electrons. The van der Waals surface area contributed by atoms with Crippen LogP contribution in [0.15, 0.2) is 6.07 Å². The van der Waals surface area contributed by atoms with Gasteiger partial charge in [0.05, 0.1) is 7.11 Å². The average molecular weight is 303 g/mol. The Morgan fingerprint density at radius 1 is 1.41 bits per heavy atom. The van der Waals surface area contributed by atoms with Crippen LogP contribution in [-0.4, -0.2) is 43.1 Å². The summed E-state index contributed by atoms with van der Waals surface area (Å²) in [6.45, 7) is 4.46. The van der Waals surface area contributed by atoms with Crippen molar-refractivity contribution >= 4 is 0 Å². The topological polar surface area (TPSA) is 51.2 Å². The quantitative estimate of drug-likeness (QED) is 0.801. The summed E-state index contributed by atoms with van der Waals surface area (Å²) in [6.07, 6.45) is 0.902. The van der Waals surface area contributed by atoms with Crippen LogP contribution in [0, 0.1) is 11.8 Å². The first kappa shape index (κ1) is 15.0. The molecule has 0 saturated carbocycles. The minimum absolute atomic E-state index is 0.139. The first-order valence-electron chi connectivity index (χ1n) is 7.35. The van der Waals surface area contributed by atoms with Gasteiger partial charge in [0.2, 0.25) is 12.5 Å². The van der Waals surface area contributed by atoms with E-state index in [0.29, 0.717) is 11.5 Å². The summed E-state index contributed by atoms with van der Waals surface area (Å²) < 4.78 is 16.6. The molecule has 0 radical (unpaired) electrons. The molecule has 5 nitrogen and oxygen atoms in total. The lowest BCUT2D eigenvalue weighted by Crippen LogP contribution is -2.32. The van der Waals surface area contributed by atoms with Gasteiger partial charge in [-0.2, -0.15) is 0 Å². The first-order chi connectivity index (χ1) is 10.4. The fourth-order valence-electron chi connectivity index (χ4n) is 2.86. The molecular weight excluding hydrogens is 282 g/mol. The van der Waals surface area contributed by atoms with E-state index in [2.05, 4.69) is 16.7 Å². The normalized spacial score (nSPS) is 20.1. The highest BCUT2D eigenvalue weighted by Gasteiger charge is 2.33. The van der Waals surface area contributed by atoms with Crippen LogP contribution in [0.25, 0.3) is 0 Å². The molecule has 0 saturated heterocycles. The third-order valence-corrected chi connectivity index (χ3v) is 3.91. The van der Waals surface area contributed by atoms with Crippen LogP contribution >= 0.6 is 0 Å². The summed E-state index contributed by atoms with van der Waals surface area (Å²) in [5, 5.41) is 9.90. The molecule has 0 bridgehead atoms. The number of methoxy groups -OCH3 is 1. The number of aliphatic hydroxyl groups is 1. The Bertz CT molecular complexity index is 651. The van der Waals surface area contributed by atoms with Crippen LogP contribution in [0.4, 0.5) is 0 Å². The summed E-state index contributed by atoms with van der Waals surface area (Å²) >= 11 is 0. The number of likely N-dealkylation sites (N-methyl/N-ethyl adjacent to an activating group) is 1. The van der Waals surface area contributed by atoms with Crippen molar-refractivity contribution in [2.24, 2.45) is 0 Å². The maximum absolute atomic E-state index is 9.90. The van der Waals surface area contributed by atoms with Gasteiger partial charge in [0, 0.05) is 12.1 Å². The lowest BCUT2D eigenvalue weighted by molar-refractivity contribution is 0.143. The van der Waals surface area contributed by atoms with Crippen LogP contribution in [0.3, 0.4) is 0 Å². The molecule has 0 unspecified atom stereocenters. The van der Waals surface area contributed by atoms with E-state index in [1.54, 1.807) is 21.0 Å². The molecule has 0 amide bonds. The lowest BCUT2D eigenvalue weighted by atomic mass is 9.91. The van der Waals surface area contributed by atoms with Crippen molar-refractivity contribution in [3.05, 3.63) is 17.2 Å². The van der Waals surface area contributed by atoms with E-state index in [1.165, 1.54) is 0 Å². The molecule has 0 spiro atoms. The second kappa shape index (κ2) is 5.38. The molecular formula is C17H21NO4. The predicted molar refractivity (Wildman–Crippen MR) is 82.3 cm³/mol. The Morgan fingerprint density at radius 2 is 2.18 bits per heavy atom. The largest absolute Gasteiger partial charge is 0.492 e. The van der Waals surface area contributed by atoms with Crippen molar-refractivity contribution in [2.75, 3.05) is 27.5 Å². The molecule has 0 aromatic heterocycles. The fraction of sp³-hybridized carbons (Fsp3) is 0.529.